The first kappa shape index (κ1) is 17.2. The summed E-state index contributed by atoms with van der Waals surface area (Å²) in [6, 6.07) is 7.62. The highest BCUT2D eigenvalue weighted by Gasteiger charge is 2.17. The predicted octanol–water partition coefficient (Wildman–Crippen LogP) is 1.62. The number of carbonyl (C=O) groups is 2. The van der Waals surface area contributed by atoms with Gasteiger partial charge in [0.15, 0.2) is 0 Å². The van der Waals surface area contributed by atoms with Crippen LogP contribution in [-0.2, 0) is 4.79 Å². The monoisotopic (exact) mass is 315 g/mol. The molecule has 0 saturated carbocycles. The van der Waals surface area contributed by atoms with Crippen molar-refractivity contribution in [1.82, 2.24) is 10.2 Å². The molecule has 0 fully saturated rings. The lowest BCUT2D eigenvalue weighted by Crippen LogP contribution is -2.39. The summed E-state index contributed by atoms with van der Waals surface area (Å²) < 4.78 is 0. The summed E-state index contributed by atoms with van der Waals surface area (Å²) in [5, 5.41) is 3.05. The average molecular weight is 315 g/mol. The number of nitrogens with zero attached hydrogens (tertiary/aromatic N) is 1. The number of amides is 2. The second kappa shape index (κ2) is 7.92. The molecule has 0 aromatic heterocycles. The second-order valence-electron chi connectivity index (χ2n) is 6.22. The lowest BCUT2D eigenvalue weighted by molar-refractivity contribution is -0.119. The smallest absolute Gasteiger partial charge is 0.251 e. The normalized spacial score (nSPS) is 16.5. The van der Waals surface area contributed by atoms with Crippen molar-refractivity contribution in [2.24, 2.45) is 5.73 Å². The number of carbonyl (C=O) groups excluding carboxylic acids is 2. The second-order valence-corrected chi connectivity index (χ2v) is 6.22. The Hall–Kier alpha value is -2.14. The van der Waals surface area contributed by atoms with E-state index >= 15 is 0 Å². The molecule has 2 amide bonds. The van der Waals surface area contributed by atoms with E-state index in [1.165, 1.54) is 5.57 Å². The van der Waals surface area contributed by atoms with Crippen LogP contribution in [0.1, 0.15) is 35.7 Å². The summed E-state index contributed by atoms with van der Waals surface area (Å²) in [7, 11) is 0. The molecule has 0 bridgehead atoms. The van der Waals surface area contributed by atoms with Gasteiger partial charge in [-0.25, -0.2) is 0 Å². The van der Waals surface area contributed by atoms with Gasteiger partial charge in [-0.15, -0.1) is 0 Å². The number of hydrogen-bond donors (Lipinski definition) is 2. The third kappa shape index (κ3) is 5.21. The number of benzene rings is 1. The van der Waals surface area contributed by atoms with Crippen LogP contribution < -0.4 is 11.1 Å². The van der Waals surface area contributed by atoms with Crippen molar-refractivity contribution in [3.05, 3.63) is 47.0 Å². The van der Waals surface area contributed by atoms with Crippen molar-refractivity contribution in [2.75, 3.05) is 19.6 Å². The maximum absolute atomic E-state index is 12.3. The molecule has 0 unspecified atom stereocenters. The van der Waals surface area contributed by atoms with E-state index in [1.807, 2.05) is 43.0 Å². The third-order valence-corrected chi connectivity index (χ3v) is 4.02. The van der Waals surface area contributed by atoms with Gasteiger partial charge in [0.1, 0.15) is 0 Å². The van der Waals surface area contributed by atoms with Gasteiger partial charge in [0.25, 0.3) is 5.91 Å². The van der Waals surface area contributed by atoms with E-state index in [2.05, 4.69) is 11.4 Å². The maximum atomic E-state index is 12.3. The Morgan fingerprint density at radius 1 is 1.35 bits per heavy atom. The van der Waals surface area contributed by atoms with Gasteiger partial charge in [-0.1, -0.05) is 29.8 Å². The summed E-state index contributed by atoms with van der Waals surface area (Å²) >= 11 is 0. The Morgan fingerprint density at radius 2 is 2.09 bits per heavy atom. The third-order valence-electron chi connectivity index (χ3n) is 4.02. The first-order valence-electron chi connectivity index (χ1n) is 8.00. The molecule has 124 valence electrons. The molecule has 5 nitrogen and oxygen atoms in total. The molecule has 1 heterocycles. The van der Waals surface area contributed by atoms with Gasteiger partial charge < -0.3 is 11.1 Å². The highest BCUT2D eigenvalue weighted by molar-refractivity contribution is 5.95. The van der Waals surface area contributed by atoms with E-state index < -0.39 is 0 Å². The van der Waals surface area contributed by atoms with Crippen LogP contribution in [0.25, 0.3) is 0 Å². The summed E-state index contributed by atoms with van der Waals surface area (Å²) in [6.07, 6.45) is 3.90. The van der Waals surface area contributed by atoms with Gasteiger partial charge in [-0.2, -0.15) is 0 Å². The summed E-state index contributed by atoms with van der Waals surface area (Å²) in [6.45, 7) is 5.83. The van der Waals surface area contributed by atoms with Crippen LogP contribution in [0.4, 0.5) is 0 Å². The van der Waals surface area contributed by atoms with Crippen LogP contribution in [0, 0.1) is 6.92 Å². The van der Waals surface area contributed by atoms with Crippen molar-refractivity contribution < 1.29 is 9.59 Å². The van der Waals surface area contributed by atoms with Crippen LogP contribution in [0.2, 0.25) is 0 Å². The Balaban J connectivity index is 1.88. The largest absolute Gasteiger partial charge is 0.369 e. The maximum Gasteiger partial charge on any atom is 0.251 e. The minimum absolute atomic E-state index is 0.0407. The van der Waals surface area contributed by atoms with Crippen molar-refractivity contribution in [3.8, 4) is 0 Å². The Bertz CT molecular complexity index is 610. The van der Waals surface area contributed by atoms with E-state index in [4.69, 9.17) is 5.73 Å². The summed E-state index contributed by atoms with van der Waals surface area (Å²) in [4.78, 5) is 25.4. The Morgan fingerprint density at radius 3 is 2.78 bits per heavy atom. The van der Waals surface area contributed by atoms with Gasteiger partial charge in [-0.05, 0) is 38.3 Å². The molecule has 1 aliphatic rings. The average Bonchev–Trinajstić information content (AvgIpc) is 2.47. The quantitative estimate of drug-likeness (QED) is 0.783. The molecule has 5 heteroatoms. The van der Waals surface area contributed by atoms with Gasteiger partial charge in [0, 0.05) is 24.7 Å². The van der Waals surface area contributed by atoms with Crippen LogP contribution in [-0.4, -0.2) is 42.4 Å². The van der Waals surface area contributed by atoms with Crippen molar-refractivity contribution >= 4 is 11.8 Å². The fraction of sp³-hybridized carbons (Fsp3) is 0.444. The lowest BCUT2D eigenvalue weighted by Gasteiger charge is -2.27. The first-order valence-corrected chi connectivity index (χ1v) is 8.00. The zero-order valence-electron chi connectivity index (χ0n) is 13.8. The van der Waals surface area contributed by atoms with Crippen molar-refractivity contribution in [2.45, 2.75) is 32.7 Å². The zero-order valence-corrected chi connectivity index (χ0v) is 13.8. The topological polar surface area (TPSA) is 75.4 Å². The number of primary amides is 1. The zero-order chi connectivity index (χ0) is 16.8. The standard InChI is InChI=1S/C18H25N3O2/c1-13-6-3-4-8-16(13)18(23)20-14(2)10-15-7-5-9-21(11-15)12-17(19)22/h3-4,6-8,14H,5,9-12H2,1-2H3,(H2,19,22)(H,20,23)/t14-/m0/s1. The van der Waals surface area contributed by atoms with Gasteiger partial charge >= 0.3 is 0 Å². The van der Waals surface area contributed by atoms with E-state index in [1.54, 1.807) is 0 Å². The highest BCUT2D eigenvalue weighted by Crippen LogP contribution is 2.15. The van der Waals surface area contributed by atoms with E-state index in [9.17, 15) is 9.59 Å². The molecule has 0 aliphatic carbocycles. The fourth-order valence-corrected chi connectivity index (χ4v) is 2.96. The lowest BCUT2D eigenvalue weighted by atomic mass is 10.0. The van der Waals surface area contributed by atoms with Gasteiger partial charge in [-0.3, -0.25) is 14.5 Å². The molecule has 1 aromatic carbocycles. The molecule has 1 atom stereocenters. The molecule has 0 saturated heterocycles. The molecule has 1 aliphatic heterocycles. The fourth-order valence-electron chi connectivity index (χ4n) is 2.96. The Kier molecular flexibility index (Phi) is 5.93. The van der Waals surface area contributed by atoms with E-state index in [-0.39, 0.29) is 17.9 Å². The first-order chi connectivity index (χ1) is 11.0. The molecule has 0 spiro atoms. The number of nitrogens with one attached hydrogen (secondary N) is 1. The molecular weight excluding hydrogens is 290 g/mol. The minimum Gasteiger partial charge on any atom is -0.369 e. The van der Waals surface area contributed by atoms with Crippen LogP contribution in [0.5, 0.6) is 0 Å². The molecule has 1 aromatic rings. The van der Waals surface area contributed by atoms with Crippen molar-refractivity contribution in [3.63, 3.8) is 0 Å². The Labute approximate surface area is 137 Å². The number of hydrogen-bond acceptors (Lipinski definition) is 3. The number of rotatable bonds is 6. The van der Waals surface area contributed by atoms with Crippen LogP contribution in [0.15, 0.2) is 35.9 Å². The van der Waals surface area contributed by atoms with Crippen LogP contribution in [0.3, 0.4) is 0 Å². The van der Waals surface area contributed by atoms with E-state index in [0.29, 0.717) is 12.1 Å². The summed E-state index contributed by atoms with van der Waals surface area (Å²) in [5.41, 5.74) is 8.19. The molecular formula is C18H25N3O2. The SMILES string of the molecule is Cc1ccccc1C(=O)N[C@@H](C)CC1=CCCN(CC(N)=O)C1. The molecule has 3 N–H and O–H groups in total. The summed E-state index contributed by atoms with van der Waals surface area (Å²) in [5.74, 6) is -0.340. The van der Waals surface area contributed by atoms with Gasteiger partial charge in [0.2, 0.25) is 5.91 Å². The van der Waals surface area contributed by atoms with E-state index in [0.717, 1.165) is 31.5 Å². The number of nitrogens with two attached hydrogens (primary N) is 1. The molecule has 0 radical (unpaired) electrons. The van der Waals surface area contributed by atoms with Gasteiger partial charge in [0.05, 0.1) is 6.54 Å². The minimum atomic E-state index is -0.299. The predicted molar refractivity (Wildman–Crippen MR) is 91.1 cm³/mol. The molecule has 2 rings (SSSR count). The number of aryl methyl sites for hydroxylation is 1. The van der Waals surface area contributed by atoms with Crippen molar-refractivity contribution in [1.29, 1.82) is 0 Å². The highest BCUT2D eigenvalue weighted by atomic mass is 16.2. The van der Waals surface area contributed by atoms with Crippen LogP contribution >= 0.6 is 0 Å². The molecule has 23 heavy (non-hydrogen) atoms.